The summed E-state index contributed by atoms with van der Waals surface area (Å²) in [5.74, 6) is 0.696. The van der Waals surface area contributed by atoms with E-state index >= 15 is 0 Å². The number of carbonyl (C=O) groups is 1. The number of hydrogen-bond donors (Lipinski definition) is 0. The Morgan fingerprint density at radius 1 is 1.17 bits per heavy atom. The first-order valence-electron chi connectivity index (χ1n) is 8.53. The zero-order valence-corrected chi connectivity index (χ0v) is 14.3. The number of ketones is 1. The highest BCUT2D eigenvalue weighted by Gasteiger charge is 2.60. The number of aryl methyl sites for hydroxylation is 1. The van der Waals surface area contributed by atoms with Crippen LogP contribution in [-0.4, -0.2) is 31.6 Å². The topological polar surface area (TPSA) is 54.5 Å². The van der Waals surface area contributed by atoms with Crippen LogP contribution >= 0.6 is 0 Å². The maximum absolute atomic E-state index is 13.0. The molecule has 1 saturated heterocycles. The fraction of sp³-hybridized carbons (Fsp3) is 0.611. The molecule has 2 saturated carbocycles. The predicted molar refractivity (Wildman–Crippen MR) is 87.4 cm³/mol. The van der Waals surface area contributed by atoms with Gasteiger partial charge in [-0.05, 0) is 43.2 Å². The molecule has 0 unspecified atom stereocenters. The first-order valence-corrected chi connectivity index (χ1v) is 9.97. The minimum Gasteiger partial charge on any atom is -0.299 e. The van der Waals surface area contributed by atoms with Crippen molar-refractivity contribution in [3.63, 3.8) is 0 Å². The third-order valence-corrected chi connectivity index (χ3v) is 8.11. The smallest absolute Gasteiger partial charge is 0.243 e. The molecule has 0 radical (unpaired) electrons. The van der Waals surface area contributed by atoms with E-state index in [1.54, 1.807) is 16.4 Å². The van der Waals surface area contributed by atoms with E-state index in [-0.39, 0.29) is 17.3 Å². The summed E-state index contributed by atoms with van der Waals surface area (Å²) < 4.78 is 27.6. The van der Waals surface area contributed by atoms with Gasteiger partial charge in [-0.3, -0.25) is 4.79 Å². The predicted octanol–water partition coefficient (Wildman–Crippen LogP) is 2.76. The highest BCUT2D eigenvalue weighted by atomic mass is 32.2. The molecule has 3 aliphatic rings. The molecule has 0 N–H and O–H groups in total. The first kappa shape index (κ1) is 15.3. The van der Waals surface area contributed by atoms with E-state index in [0.29, 0.717) is 30.2 Å². The quantitative estimate of drug-likeness (QED) is 0.836. The van der Waals surface area contributed by atoms with Gasteiger partial charge < -0.3 is 0 Å². The molecule has 1 aliphatic heterocycles. The van der Waals surface area contributed by atoms with Gasteiger partial charge in [-0.25, -0.2) is 8.42 Å². The first-order chi connectivity index (χ1) is 10.9. The van der Waals surface area contributed by atoms with Gasteiger partial charge in [0, 0.05) is 25.4 Å². The maximum Gasteiger partial charge on any atom is 0.243 e. The molecule has 124 valence electrons. The Bertz CT molecular complexity index is 740. The summed E-state index contributed by atoms with van der Waals surface area (Å²) >= 11 is 0. The molecule has 5 heteroatoms. The van der Waals surface area contributed by atoms with Crippen molar-refractivity contribution in [2.75, 3.05) is 13.1 Å². The zero-order chi connectivity index (χ0) is 16.2. The van der Waals surface area contributed by atoms with Crippen LogP contribution in [0.25, 0.3) is 0 Å². The maximum atomic E-state index is 13.0. The highest BCUT2D eigenvalue weighted by Crippen LogP contribution is 2.58. The van der Waals surface area contributed by atoms with Crippen LogP contribution in [0.4, 0.5) is 0 Å². The van der Waals surface area contributed by atoms with Crippen LogP contribution in [0.15, 0.2) is 29.2 Å². The van der Waals surface area contributed by atoms with E-state index in [2.05, 4.69) is 0 Å². The Hall–Kier alpha value is -1.20. The third kappa shape index (κ3) is 2.20. The molecular weight excluding hydrogens is 310 g/mol. The minimum absolute atomic E-state index is 0.0763. The number of hydrogen-bond acceptors (Lipinski definition) is 3. The summed E-state index contributed by atoms with van der Waals surface area (Å²) in [6.07, 6.45) is 4.76. The second-order valence-corrected chi connectivity index (χ2v) is 9.45. The molecule has 0 bridgehead atoms. The second-order valence-electron chi connectivity index (χ2n) is 7.51. The molecule has 23 heavy (non-hydrogen) atoms. The number of nitrogens with zero attached hydrogens (tertiary/aromatic N) is 1. The lowest BCUT2D eigenvalue weighted by molar-refractivity contribution is -0.123. The van der Waals surface area contributed by atoms with Crippen molar-refractivity contribution in [1.29, 1.82) is 0 Å². The average Bonchev–Trinajstić information content (AvgIpc) is 2.99. The Morgan fingerprint density at radius 3 is 2.65 bits per heavy atom. The van der Waals surface area contributed by atoms with Crippen molar-refractivity contribution in [1.82, 2.24) is 4.31 Å². The molecule has 0 aromatic heterocycles. The monoisotopic (exact) mass is 333 g/mol. The van der Waals surface area contributed by atoms with Gasteiger partial charge in [-0.1, -0.05) is 30.5 Å². The van der Waals surface area contributed by atoms with Crippen LogP contribution in [0, 0.1) is 24.2 Å². The lowest BCUT2D eigenvalue weighted by Gasteiger charge is -2.38. The van der Waals surface area contributed by atoms with Gasteiger partial charge in [-0.15, -0.1) is 0 Å². The number of sulfonamides is 1. The molecule has 0 amide bonds. The largest absolute Gasteiger partial charge is 0.299 e. The van der Waals surface area contributed by atoms with Gasteiger partial charge in [-0.2, -0.15) is 4.31 Å². The van der Waals surface area contributed by atoms with Gasteiger partial charge in [0.05, 0.1) is 4.90 Å². The van der Waals surface area contributed by atoms with E-state index in [4.69, 9.17) is 0 Å². The number of benzene rings is 1. The highest BCUT2D eigenvalue weighted by molar-refractivity contribution is 7.89. The summed E-state index contributed by atoms with van der Waals surface area (Å²) in [4.78, 5) is 12.7. The molecule has 1 heterocycles. The van der Waals surface area contributed by atoms with Gasteiger partial charge in [0.2, 0.25) is 10.0 Å². The van der Waals surface area contributed by atoms with Gasteiger partial charge in [0.1, 0.15) is 5.78 Å². The Morgan fingerprint density at radius 2 is 1.91 bits per heavy atom. The molecule has 4 nitrogen and oxygen atoms in total. The number of carbonyl (C=O) groups excluding carboxylic acids is 1. The van der Waals surface area contributed by atoms with E-state index in [1.165, 1.54) is 0 Å². The van der Waals surface area contributed by atoms with Gasteiger partial charge in [0.25, 0.3) is 0 Å². The standard InChI is InChI=1S/C18H23NO3S/c1-13-5-7-15(8-6-13)23(21,22)19-11-14-10-17(20)16-4-2-3-9-18(14,16)12-19/h5-8,14,16H,2-4,9-12H2,1H3/t14-,16+,18+/m0/s1. The lowest BCUT2D eigenvalue weighted by atomic mass is 9.66. The van der Waals surface area contributed by atoms with E-state index < -0.39 is 10.0 Å². The van der Waals surface area contributed by atoms with Crippen molar-refractivity contribution in [3.05, 3.63) is 29.8 Å². The third-order valence-electron chi connectivity index (χ3n) is 6.28. The summed E-state index contributed by atoms with van der Waals surface area (Å²) in [6, 6.07) is 7.07. The normalized spacial score (nSPS) is 34.4. The van der Waals surface area contributed by atoms with E-state index in [0.717, 1.165) is 31.2 Å². The zero-order valence-electron chi connectivity index (χ0n) is 13.5. The van der Waals surface area contributed by atoms with E-state index in [1.807, 2.05) is 19.1 Å². The molecule has 2 aliphatic carbocycles. The second kappa shape index (κ2) is 5.15. The average molecular weight is 333 g/mol. The molecule has 1 aromatic rings. The van der Waals surface area contributed by atoms with Crippen molar-refractivity contribution in [3.8, 4) is 0 Å². The Kier molecular flexibility index (Phi) is 3.43. The van der Waals surface area contributed by atoms with Crippen LogP contribution in [-0.2, 0) is 14.8 Å². The van der Waals surface area contributed by atoms with Crippen molar-refractivity contribution in [2.45, 2.75) is 43.9 Å². The Balaban J connectivity index is 1.66. The minimum atomic E-state index is -3.45. The van der Waals surface area contributed by atoms with Gasteiger partial charge >= 0.3 is 0 Å². The van der Waals surface area contributed by atoms with E-state index in [9.17, 15) is 13.2 Å². The van der Waals surface area contributed by atoms with Crippen LogP contribution in [0.3, 0.4) is 0 Å². The van der Waals surface area contributed by atoms with Crippen molar-refractivity contribution < 1.29 is 13.2 Å². The SMILES string of the molecule is Cc1ccc(S(=O)(=O)N2C[C@@H]3CC(=O)[C@H]4CCCC[C@@]34C2)cc1. The summed E-state index contributed by atoms with van der Waals surface area (Å²) in [7, 11) is -3.45. The molecule has 3 fully saturated rings. The van der Waals surface area contributed by atoms with Gasteiger partial charge in [0.15, 0.2) is 0 Å². The van der Waals surface area contributed by atoms with Crippen molar-refractivity contribution in [2.24, 2.45) is 17.3 Å². The molecule has 1 spiro atoms. The molecular formula is C18H23NO3S. The molecule has 3 atom stereocenters. The number of rotatable bonds is 2. The Labute approximate surface area is 137 Å². The summed E-state index contributed by atoms with van der Waals surface area (Å²) in [5.41, 5.74) is 0.978. The molecule has 4 rings (SSSR count). The van der Waals surface area contributed by atoms with Crippen LogP contribution in [0.5, 0.6) is 0 Å². The fourth-order valence-corrected chi connectivity index (χ4v) is 6.63. The van der Waals surface area contributed by atoms with Crippen molar-refractivity contribution >= 4 is 15.8 Å². The summed E-state index contributed by atoms with van der Waals surface area (Å²) in [6.45, 7) is 3.00. The number of Topliss-reactive ketones (excluding diaryl/α,β-unsaturated/α-hetero) is 1. The molecule has 1 aromatic carbocycles. The fourth-order valence-electron chi connectivity index (χ4n) is 5.07. The van der Waals surface area contributed by atoms with Crippen LogP contribution < -0.4 is 0 Å². The lowest BCUT2D eigenvalue weighted by Crippen LogP contribution is -2.39. The summed E-state index contributed by atoms with van der Waals surface area (Å²) in [5, 5.41) is 0. The van der Waals surface area contributed by atoms with Crippen LogP contribution in [0.1, 0.15) is 37.7 Å². The van der Waals surface area contributed by atoms with Crippen LogP contribution in [0.2, 0.25) is 0 Å².